The fourth-order valence-corrected chi connectivity index (χ4v) is 1.44. The molecule has 2 aromatic rings. The Morgan fingerprint density at radius 2 is 1.88 bits per heavy atom. The second-order valence-electron chi connectivity index (χ2n) is 3.67. The van der Waals surface area contributed by atoms with Crippen molar-refractivity contribution < 1.29 is 8.78 Å². The van der Waals surface area contributed by atoms with Crippen molar-refractivity contribution in [3.63, 3.8) is 0 Å². The van der Waals surface area contributed by atoms with Crippen LogP contribution in [-0.4, -0.2) is 9.78 Å². The number of nitrogen functional groups attached to an aromatic ring is 1. The van der Waals surface area contributed by atoms with Crippen LogP contribution in [0, 0.1) is 25.5 Å². The average Bonchev–Trinajstić information content (AvgIpc) is 2.54. The van der Waals surface area contributed by atoms with Gasteiger partial charge in [-0.15, -0.1) is 0 Å². The van der Waals surface area contributed by atoms with Gasteiger partial charge in [0.2, 0.25) is 0 Å². The summed E-state index contributed by atoms with van der Waals surface area (Å²) in [6, 6.07) is 2.59. The number of rotatable bonds is 1. The highest BCUT2D eigenvalue weighted by Gasteiger charge is 2.15. The van der Waals surface area contributed by atoms with E-state index in [1.54, 1.807) is 13.8 Å². The highest BCUT2D eigenvalue weighted by molar-refractivity contribution is 5.43. The van der Waals surface area contributed by atoms with Crippen molar-refractivity contribution in [2.75, 3.05) is 5.73 Å². The molecule has 0 aliphatic heterocycles. The van der Waals surface area contributed by atoms with E-state index in [2.05, 4.69) is 5.10 Å². The lowest BCUT2D eigenvalue weighted by Gasteiger charge is -2.06. The SMILES string of the molecule is Cc1cn(-c2c(F)ccc(C)c2F)nc1N. The first kappa shape index (κ1) is 10.6. The normalized spacial score (nSPS) is 10.8. The zero-order valence-electron chi connectivity index (χ0n) is 8.96. The molecule has 1 aromatic heterocycles. The first-order valence-electron chi connectivity index (χ1n) is 4.77. The third-order valence-corrected chi connectivity index (χ3v) is 2.42. The van der Waals surface area contributed by atoms with Crippen LogP contribution >= 0.6 is 0 Å². The minimum atomic E-state index is -0.661. The number of hydrogen-bond donors (Lipinski definition) is 1. The summed E-state index contributed by atoms with van der Waals surface area (Å²) in [4.78, 5) is 0. The molecule has 16 heavy (non-hydrogen) atoms. The van der Waals surface area contributed by atoms with E-state index in [1.165, 1.54) is 18.3 Å². The molecule has 0 spiro atoms. The molecule has 2 N–H and O–H groups in total. The molecule has 5 heteroatoms. The van der Waals surface area contributed by atoms with Crippen molar-refractivity contribution in [1.82, 2.24) is 9.78 Å². The van der Waals surface area contributed by atoms with Crippen LogP contribution in [0.5, 0.6) is 0 Å². The molecule has 84 valence electrons. The average molecular weight is 223 g/mol. The van der Waals surface area contributed by atoms with Crippen molar-refractivity contribution >= 4 is 5.82 Å². The fourth-order valence-electron chi connectivity index (χ4n) is 1.44. The number of halogens is 2. The Morgan fingerprint density at radius 3 is 2.44 bits per heavy atom. The third-order valence-electron chi connectivity index (χ3n) is 2.42. The zero-order valence-corrected chi connectivity index (χ0v) is 8.96. The first-order chi connectivity index (χ1) is 7.50. The minimum absolute atomic E-state index is 0.195. The summed E-state index contributed by atoms with van der Waals surface area (Å²) in [5.41, 5.74) is 6.39. The van der Waals surface area contributed by atoms with Crippen molar-refractivity contribution in [2.45, 2.75) is 13.8 Å². The third kappa shape index (κ3) is 1.54. The molecular formula is C11H11F2N3. The molecule has 0 bridgehead atoms. The lowest BCUT2D eigenvalue weighted by Crippen LogP contribution is -2.04. The Morgan fingerprint density at radius 1 is 1.19 bits per heavy atom. The summed E-state index contributed by atoms with van der Waals surface area (Å²) >= 11 is 0. The van der Waals surface area contributed by atoms with Gasteiger partial charge in [0.15, 0.2) is 11.6 Å². The van der Waals surface area contributed by atoms with Crippen molar-refractivity contribution in [1.29, 1.82) is 0 Å². The Balaban J connectivity index is 2.68. The molecule has 0 fully saturated rings. The smallest absolute Gasteiger partial charge is 0.154 e. The molecule has 0 radical (unpaired) electrons. The van der Waals surface area contributed by atoms with Gasteiger partial charge >= 0.3 is 0 Å². The molecule has 0 unspecified atom stereocenters. The number of aromatic nitrogens is 2. The highest BCUT2D eigenvalue weighted by atomic mass is 19.1. The van der Waals surface area contributed by atoms with E-state index in [1.807, 2.05) is 0 Å². The summed E-state index contributed by atoms with van der Waals surface area (Å²) < 4.78 is 28.4. The number of hydrogen-bond acceptors (Lipinski definition) is 2. The van der Waals surface area contributed by atoms with Crippen LogP contribution in [0.2, 0.25) is 0 Å². The maximum Gasteiger partial charge on any atom is 0.154 e. The van der Waals surface area contributed by atoms with E-state index in [4.69, 9.17) is 5.73 Å². The summed E-state index contributed by atoms with van der Waals surface area (Å²) in [6.07, 6.45) is 1.50. The van der Waals surface area contributed by atoms with E-state index < -0.39 is 11.6 Å². The minimum Gasteiger partial charge on any atom is -0.382 e. The van der Waals surface area contributed by atoms with Crippen LogP contribution < -0.4 is 5.73 Å². The Hall–Kier alpha value is -1.91. The standard InChI is InChI=1S/C11H11F2N3/c1-6-3-4-8(12)10(9(6)13)16-5-7(2)11(14)15-16/h3-5H,1-2H3,(H2,14,15). The van der Waals surface area contributed by atoms with E-state index >= 15 is 0 Å². The van der Waals surface area contributed by atoms with Gasteiger partial charge in [-0.1, -0.05) is 6.07 Å². The van der Waals surface area contributed by atoms with Crippen LogP contribution in [-0.2, 0) is 0 Å². The predicted octanol–water partition coefficient (Wildman–Crippen LogP) is 2.35. The largest absolute Gasteiger partial charge is 0.382 e. The van der Waals surface area contributed by atoms with Gasteiger partial charge in [-0.05, 0) is 25.5 Å². The van der Waals surface area contributed by atoms with Crippen LogP contribution in [0.25, 0.3) is 5.69 Å². The number of benzene rings is 1. The fraction of sp³-hybridized carbons (Fsp3) is 0.182. The summed E-state index contributed by atoms with van der Waals surface area (Å²) in [5.74, 6) is -1.02. The van der Waals surface area contributed by atoms with Crippen LogP contribution in [0.4, 0.5) is 14.6 Å². The number of aryl methyl sites for hydroxylation is 2. The summed E-state index contributed by atoms with van der Waals surface area (Å²) in [5, 5.41) is 3.86. The van der Waals surface area contributed by atoms with Crippen molar-refractivity contribution in [2.24, 2.45) is 0 Å². The maximum atomic E-state index is 13.7. The number of nitrogens with two attached hydrogens (primary N) is 1. The van der Waals surface area contributed by atoms with Gasteiger partial charge in [-0.2, -0.15) is 5.10 Å². The monoisotopic (exact) mass is 223 g/mol. The zero-order chi connectivity index (χ0) is 11.9. The lowest BCUT2D eigenvalue weighted by molar-refractivity contribution is 0.555. The second-order valence-corrected chi connectivity index (χ2v) is 3.67. The molecule has 3 nitrogen and oxygen atoms in total. The van der Waals surface area contributed by atoms with E-state index in [0.29, 0.717) is 11.1 Å². The summed E-state index contributed by atoms with van der Waals surface area (Å²) in [6.45, 7) is 3.29. The summed E-state index contributed by atoms with van der Waals surface area (Å²) in [7, 11) is 0. The van der Waals surface area contributed by atoms with Gasteiger partial charge in [0.05, 0.1) is 0 Å². The first-order valence-corrected chi connectivity index (χ1v) is 4.77. The second kappa shape index (κ2) is 3.59. The maximum absolute atomic E-state index is 13.7. The number of nitrogens with zero attached hydrogens (tertiary/aromatic N) is 2. The van der Waals surface area contributed by atoms with Crippen molar-refractivity contribution in [3.8, 4) is 5.69 Å². The van der Waals surface area contributed by atoms with Gasteiger partial charge in [-0.3, -0.25) is 0 Å². The molecule has 1 aromatic carbocycles. The van der Waals surface area contributed by atoms with Crippen LogP contribution in [0.15, 0.2) is 18.3 Å². The molecule has 1 heterocycles. The molecule has 0 aliphatic rings. The van der Waals surface area contributed by atoms with E-state index in [0.717, 1.165) is 4.68 Å². The van der Waals surface area contributed by atoms with Crippen molar-refractivity contribution in [3.05, 3.63) is 41.1 Å². The molecule has 0 saturated heterocycles. The Bertz CT molecular complexity index is 527. The van der Waals surface area contributed by atoms with Crippen LogP contribution in [0.1, 0.15) is 11.1 Å². The molecule has 0 saturated carbocycles. The van der Waals surface area contributed by atoms with E-state index in [9.17, 15) is 8.78 Å². The lowest BCUT2D eigenvalue weighted by atomic mass is 10.2. The van der Waals surface area contributed by atoms with Gasteiger partial charge in [0, 0.05) is 11.8 Å². The van der Waals surface area contributed by atoms with Gasteiger partial charge in [0.25, 0.3) is 0 Å². The molecule has 0 amide bonds. The van der Waals surface area contributed by atoms with Crippen LogP contribution in [0.3, 0.4) is 0 Å². The van der Waals surface area contributed by atoms with Gasteiger partial charge in [-0.25, -0.2) is 13.5 Å². The van der Waals surface area contributed by atoms with Gasteiger partial charge in [0.1, 0.15) is 11.5 Å². The van der Waals surface area contributed by atoms with E-state index in [-0.39, 0.29) is 11.5 Å². The molecular weight excluding hydrogens is 212 g/mol. The molecule has 0 atom stereocenters. The molecule has 2 rings (SSSR count). The quantitative estimate of drug-likeness (QED) is 0.806. The predicted molar refractivity (Wildman–Crippen MR) is 57.4 cm³/mol. The molecule has 0 aliphatic carbocycles. The number of anilines is 1. The Labute approximate surface area is 91.5 Å². The Kier molecular flexibility index (Phi) is 2.38. The highest BCUT2D eigenvalue weighted by Crippen LogP contribution is 2.21. The topological polar surface area (TPSA) is 43.8 Å². The van der Waals surface area contributed by atoms with Gasteiger partial charge < -0.3 is 5.73 Å².